The summed E-state index contributed by atoms with van der Waals surface area (Å²) in [6, 6.07) is 8.31. The van der Waals surface area contributed by atoms with E-state index in [0.29, 0.717) is 5.92 Å². The van der Waals surface area contributed by atoms with Gasteiger partial charge >= 0.3 is 0 Å². The fourth-order valence-electron chi connectivity index (χ4n) is 2.75. The van der Waals surface area contributed by atoms with Crippen LogP contribution >= 0.6 is 0 Å². The molecule has 0 unspecified atom stereocenters. The average Bonchev–Trinajstić information content (AvgIpc) is 2.56. The quantitative estimate of drug-likeness (QED) is 0.744. The summed E-state index contributed by atoms with van der Waals surface area (Å²) in [5.41, 5.74) is 2.34. The van der Waals surface area contributed by atoms with Crippen molar-refractivity contribution in [3.05, 3.63) is 35.4 Å². The van der Waals surface area contributed by atoms with E-state index in [1.807, 2.05) is 6.07 Å². The third-order valence-corrected chi connectivity index (χ3v) is 3.73. The minimum absolute atomic E-state index is 0.252. The summed E-state index contributed by atoms with van der Waals surface area (Å²) in [6.07, 6.45) is 7.39. The van der Waals surface area contributed by atoms with Crippen molar-refractivity contribution in [2.24, 2.45) is 5.92 Å². The molecule has 0 aliphatic heterocycles. The molecule has 0 aromatic heterocycles. The molecule has 1 saturated carbocycles. The van der Waals surface area contributed by atoms with Gasteiger partial charge in [-0.1, -0.05) is 55.5 Å². The first-order valence-electron chi connectivity index (χ1n) is 6.52. The summed E-state index contributed by atoms with van der Waals surface area (Å²) in [7, 11) is 0. The molecule has 0 heterocycles. The van der Waals surface area contributed by atoms with Gasteiger partial charge in [0.2, 0.25) is 0 Å². The van der Waals surface area contributed by atoms with Gasteiger partial charge in [0.15, 0.2) is 0 Å². The molecule has 1 fully saturated rings. The van der Waals surface area contributed by atoms with Gasteiger partial charge in [-0.15, -0.1) is 0 Å². The van der Waals surface area contributed by atoms with E-state index < -0.39 is 0 Å². The van der Waals surface area contributed by atoms with Crippen LogP contribution in [-0.4, -0.2) is 5.11 Å². The lowest BCUT2D eigenvalue weighted by atomic mass is 9.89. The molecule has 1 aromatic rings. The van der Waals surface area contributed by atoms with E-state index in [-0.39, 0.29) is 6.10 Å². The molecule has 1 nitrogen and oxygen atoms in total. The highest BCUT2D eigenvalue weighted by Crippen LogP contribution is 2.33. The smallest absolute Gasteiger partial charge is 0.0818 e. The summed E-state index contributed by atoms with van der Waals surface area (Å²) < 4.78 is 0. The van der Waals surface area contributed by atoms with Gasteiger partial charge < -0.3 is 5.11 Å². The average molecular weight is 218 g/mol. The largest absolute Gasteiger partial charge is 0.388 e. The molecule has 0 radical (unpaired) electrons. The number of aryl methyl sites for hydroxylation is 1. The molecule has 0 saturated heterocycles. The zero-order valence-electron chi connectivity index (χ0n) is 10.2. The molecule has 16 heavy (non-hydrogen) atoms. The molecule has 0 amide bonds. The van der Waals surface area contributed by atoms with Crippen LogP contribution in [0.1, 0.15) is 55.8 Å². The Labute approximate surface area is 98.5 Å². The molecule has 2 rings (SSSR count). The van der Waals surface area contributed by atoms with Crippen molar-refractivity contribution in [2.75, 3.05) is 0 Å². The lowest BCUT2D eigenvalue weighted by molar-refractivity contribution is 0.0987. The minimum Gasteiger partial charge on any atom is -0.388 e. The maximum Gasteiger partial charge on any atom is 0.0818 e. The van der Waals surface area contributed by atoms with Crippen molar-refractivity contribution in [1.29, 1.82) is 0 Å². The van der Waals surface area contributed by atoms with Gasteiger partial charge in [-0.25, -0.2) is 0 Å². The Bertz CT molecular complexity index is 324. The van der Waals surface area contributed by atoms with Gasteiger partial charge in [0.25, 0.3) is 0 Å². The Morgan fingerprint density at radius 2 is 1.81 bits per heavy atom. The van der Waals surface area contributed by atoms with Gasteiger partial charge in [-0.3, -0.25) is 0 Å². The standard InChI is InChI=1S/C15H22O/c1-12-7-6-10-14(11-12)15(16)13-8-4-2-3-5-9-13/h6-7,10-11,13,15-16H,2-5,8-9H2,1H3/t15-/m1/s1. The Morgan fingerprint density at radius 3 is 2.44 bits per heavy atom. The first kappa shape index (κ1) is 11.7. The second-order valence-corrected chi connectivity index (χ2v) is 5.11. The second-order valence-electron chi connectivity index (χ2n) is 5.11. The lowest BCUT2D eigenvalue weighted by Crippen LogP contribution is -2.12. The Morgan fingerprint density at radius 1 is 1.12 bits per heavy atom. The normalized spacial score (nSPS) is 20.4. The number of rotatable bonds is 2. The molecule has 88 valence electrons. The highest BCUT2D eigenvalue weighted by Gasteiger charge is 2.21. The van der Waals surface area contributed by atoms with Gasteiger partial charge in [0.05, 0.1) is 6.10 Å². The van der Waals surface area contributed by atoms with Crippen molar-refractivity contribution in [3.8, 4) is 0 Å². The molecule has 1 N–H and O–H groups in total. The number of aliphatic hydroxyl groups is 1. The van der Waals surface area contributed by atoms with Crippen LogP contribution in [0.25, 0.3) is 0 Å². The van der Waals surface area contributed by atoms with Crippen molar-refractivity contribution in [3.63, 3.8) is 0 Å². The third kappa shape index (κ3) is 2.85. The van der Waals surface area contributed by atoms with Crippen LogP contribution in [0.2, 0.25) is 0 Å². The molecular weight excluding hydrogens is 196 g/mol. The van der Waals surface area contributed by atoms with Crippen LogP contribution in [0.5, 0.6) is 0 Å². The Kier molecular flexibility index (Phi) is 4.00. The van der Waals surface area contributed by atoms with E-state index in [1.165, 1.54) is 44.1 Å². The SMILES string of the molecule is Cc1cccc([C@H](O)C2CCCCCC2)c1. The van der Waals surface area contributed by atoms with E-state index in [2.05, 4.69) is 25.1 Å². The predicted octanol–water partition coefficient (Wildman–Crippen LogP) is 4.00. The number of aliphatic hydroxyl groups excluding tert-OH is 1. The Balaban J connectivity index is 2.07. The molecule has 1 aliphatic rings. The van der Waals surface area contributed by atoms with E-state index >= 15 is 0 Å². The fraction of sp³-hybridized carbons (Fsp3) is 0.600. The summed E-state index contributed by atoms with van der Waals surface area (Å²) in [6.45, 7) is 2.09. The van der Waals surface area contributed by atoms with Crippen LogP contribution in [-0.2, 0) is 0 Å². The molecule has 0 bridgehead atoms. The Hall–Kier alpha value is -0.820. The number of hydrogen-bond acceptors (Lipinski definition) is 1. The number of hydrogen-bond donors (Lipinski definition) is 1. The minimum atomic E-state index is -0.252. The summed E-state index contributed by atoms with van der Waals surface area (Å²) in [4.78, 5) is 0. The number of benzene rings is 1. The van der Waals surface area contributed by atoms with E-state index in [4.69, 9.17) is 0 Å². The zero-order chi connectivity index (χ0) is 11.4. The first-order valence-corrected chi connectivity index (χ1v) is 6.52. The van der Waals surface area contributed by atoms with Gasteiger partial charge in [0.1, 0.15) is 0 Å². The summed E-state index contributed by atoms with van der Waals surface area (Å²) in [5, 5.41) is 10.4. The third-order valence-electron chi connectivity index (χ3n) is 3.73. The molecule has 1 heteroatoms. The topological polar surface area (TPSA) is 20.2 Å². The summed E-state index contributed by atoms with van der Waals surface area (Å²) >= 11 is 0. The van der Waals surface area contributed by atoms with Crippen LogP contribution < -0.4 is 0 Å². The van der Waals surface area contributed by atoms with Crippen LogP contribution in [0.4, 0.5) is 0 Å². The highest BCUT2D eigenvalue weighted by atomic mass is 16.3. The second kappa shape index (κ2) is 5.49. The molecule has 1 aliphatic carbocycles. The maximum atomic E-state index is 10.4. The van der Waals surface area contributed by atoms with Crippen molar-refractivity contribution in [1.82, 2.24) is 0 Å². The van der Waals surface area contributed by atoms with Crippen molar-refractivity contribution < 1.29 is 5.11 Å². The van der Waals surface area contributed by atoms with Gasteiger partial charge in [-0.2, -0.15) is 0 Å². The zero-order valence-corrected chi connectivity index (χ0v) is 10.2. The lowest BCUT2D eigenvalue weighted by Gasteiger charge is -2.21. The predicted molar refractivity (Wildman–Crippen MR) is 67.3 cm³/mol. The van der Waals surface area contributed by atoms with E-state index in [9.17, 15) is 5.11 Å². The first-order chi connectivity index (χ1) is 7.77. The molecule has 0 spiro atoms. The highest BCUT2D eigenvalue weighted by molar-refractivity contribution is 5.24. The van der Waals surface area contributed by atoms with Crippen LogP contribution in [0, 0.1) is 12.8 Å². The summed E-state index contributed by atoms with van der Waals surface area (Å²) in [5.74, 6) is 0.476. The fourth-order valence-corrected chi connectivity index (χ4v) is 2.75. The van der Waals surface area contributed by atoms with Crippen molar-refractivity contribution >= 4 is 0 Å². The molecular formula is C15H22O. The molecule has 1 aromatic carbocycles. The van der Waals surface area contributed by atoms with E-state index in [0.717, 1.165) is 5.56 Å². The van der Waals surface area contributed by atoms with Crippen LogP contribution in [0.15, 0.2) is 24.3 Å². The molecule has 1 atom stereocenters. The van der Waals surface area contributed by atoms with E-state index in [1.54, 1.807) is 0 Å². The van der Waals surface area contributed by atoms with Gasteiger partial charge in [-0.05, 0) is 31.2 Å². The van der Waals surface area contributed by atoms with Crippen LogP contribution in [0.3, 0.4) is 0 Å². The monoisotopic (exact) mass is 218 g/mol. The van der Waals surface area contributed by atoms with Crippen molar-refractivity contribution in [2.45, 2.75) is 51.6 Å². The maximum absolute atomic E-state index is 10.4. The van der Waals surface area contributed by atoms with Gasteiger partial charge in [0, 0.05) is 0 Å².